The van der Waals surface area contributed by atoms with Crippen LogP contribution in [0.25, 0.3) is 0 Å². The molecule has 0 aliphatic carbocycles. The lowest BCUT2D eigenvalue weighted by Crippen LogP contribution is -2.44. The van der Waals surface area contributed by atoms with Crippen molar-refractivity contribution in [2.45, 2.75) is 26.9 Å². The standard InChI is InChI=1S/C22H21N5O4/c1-14-3-9-18(10-4-14)25-11-12-26-20(30)21(31)27(24-22(25)26)13-19(29)23-17-7-5-16(6-8-17)15(2)28/h3-10H,11-13H2,1-2H3,(H,23,29). The molecule has 2 heterocycles. The Bertz CT molecular complexity index is 1270. The van der Waals surface area contributed by atoms with Crippen molar-refractivity contribution in [3.8, 4) is 0 Å². The van der Waals surface area contributed by atoms with Crippen LogP contribution in [0.4, 0.5) is 17.3 Å². The summed E-state index contributed by atoms with van der Waals surface area (Å²) in [6, 6.07) is 14.2. The van der Waals surface area contributed by atoms with Gasteiger partial charge in [0.1, 0.15) is 6.54 Å². The predicted molar refractivity (Wildman–Crippen MR) is 116 cm³/mol. The van der Waals surface area contributed by atoms with Gasteiger partial charge in [0, 0.05) is 30.0 Å². The predicted octanol–water partition coefficient (Wildman–Crippen LogP) is 1.71. The minimum atomic E-state index is -0.850. The molecule has 0 saturated heterocycles. The maximum atomic E-state index is 12.6. The van der Waals surface area contributed by atoms with E-state index in [-0.39, 0.29) is 5.78 Å². The van der Waals surface area contributed by atoms with Crippen LogP contribution in [-0.4, -0.2) is 32.6 Å². The Hall–Kier alpha value is -4.01. The average molecular weight is 419 g/mol. The third-order valence-electron chi connectivity index (χ3n) is 5.12. The molecule has 1 amide bonds. The smallest absolute Gasteiger partial charge is 0.324 e. The molecule has 158 valence electrons. The summed E-state index contributed by atoms with van der Waals surface area (Å²) in [5.41, 5.74) is 1.39. The van der Waals surface area contributed by atoms with Crippen LogP contribution in [0.5, 0.6) is 0 Å². The molecule has 9 nitrogen and oxygen atoms in total. The number of benzene rings is 2. The van der Waals surface area contributed by atoms with E-state index in [1.54, 1.807) is 24.3 Å². The third-order valence-corrected chi connectivity index (χ3v) is 5.12. The molecule has 9 heteroatoms. The Morgan fingerprint density at radius 3 is 2.29 bits per heavy atom. The number of aryl methyl sites for hydroxylation is 1. The molecule has 0 saturated carbocycles. The minimum absolute atomic E-state index is 0.0784. The molecule has 4 rings (SSSR count). The Morgan fingerprint density at radius 1 is 0.968 bits per heavy atom. The number of Topliss-reactive ketones (excluding diaryl/α,β-unsaturated/α-hetero) is 1. The first kappa shape index (κ1) is 20.3. The number of rotatable bonds is 5. The van der Waals surface area contributed by atoms with Crippen LogP contribution in [0, 0.1) is 6.92 Å². The van der Waals surface area contributed by atoms with Gasteiger partial charge in [0.05, 0.1) is 0 Å². The third kappa shape index (κ3) is 4.02. The molecule has 31 heavy (non-hydrogen) atoms. The highest BCUT2D eigenvalue weighted by Gasteiger charge is 2.26. The number of aromatic nitrogens is 3. The van der Waals surface area contributed by atoms with Crippen LogP contribution in [0.1, 0.15) is 22.8 Å². The molecule has 1 aliphatic rings. The molecule has 0 radical (unpaired) electrons. The molecule has 1 aromatic heterocycles. The quantitative estimate of drug-likeness (QED) is 0.498. The highest BCUT2D eigenvalue weighted by atomic mass is 16.2. The van der Waals surface area contributed by atoms with Crippen LogP contribution < -0.4 is 21.3 Å². The highest BCUT2D eigenvalue weighted by Crippen LogP contribution is 2.26. The van der Waals surface area contributed by atoms with Crippen molar-refractivity contribution in [1.29, 1.82) is 0 Å². The van der Waals surface area contributed by atoms with Gasteiger partial charge in [-0.3, -0.25) is 23.7 Å². The van der Waals surface area contributed by atoms with Gasteiger partial charge in [0.25, 0.3) is 0 Å². The summed E-state index contributed by atoms with van der Waals surface area (Å²) in [7, 11) is 0. The molecule has 0 fully saturated rings. The van der Waals surface area contributed by atoms with Gasteiger partial charge in [-0.15, -0.1) is 5.10 Å². The van der Waals surface area contributed by atoms with Gasteiger partial charge in [0.2, 0.25) is 11.9 Å². The van der Waals surface area contributed by atoms with Crippen LogP contribution in [0.3, 0.4) is 0 Å². The van der Waals surface area contributed by atoms with Crippen molar-refractivity contribution in [2.24, 2.45) is 0 Å². The molecule has 0 unspecified atom stereocenters. The second-order valence-electron chi connectivity index (χ2n) is 7.39. The van der Waals surface area contributed by atoms with Gasteiger partial charge in [0.15, 0.2) is 5.78 Å². The summed E-state index contributed by atoms with van der Waals surface area (Å²) in [4.78, 5) is 50.7. The zero-order valence-electron chi connectivity index (χ0n) is 17.2. The number of hydrogen-bond acceptors (Lipinski definition) is 6. The number of nitrogens with zero attached hydrogens (tertiary/aromatic N) is 4. The minimum Gasteiger partial charge on any atom is -0.324 e. The fourth-order valence-electron chi connectivity index (χ4n) is 3.43. The number of carbonyl (C=O) groups is 2. The van der Waals surface area contributed by atoms with Crippen molar-refractivity contribution < 1.29 is 9.59 Å². The van der Waals surface area contributed by atoms with E-state index in [1.165, 1.54) is 11.5 Å². The molecular weight excluding hydrogens is 398 g/mol. The second-order valence-corrected chi connectivity index (χ2v) is 7.39. The maximum Gasteiger partial charge on any atom is 0.333 e. The molecule has 1 N–H and O–H groups in total. The summed E-state index contributed by atoms with van der Waals surface area (Å²) >= 11 is 0. The first-order valence-electron chi connectivity index (χ1n) is 9.80. The normalized spacial score (nSPS) is 12.5. The maximum absolute atomic E-state index is 12.6. The number of nitrogens with one attached hydrogen (secondary N) is 1. The SMILES string of the molecule is CC(=O)c1ccc(NC(=O)Cn2nc3n(c(=O)c2=O)CCN3c2ccc(C)cc2)cc1. The van der Waals surface area contributed by atoms with E-state index >= 15 is 0 Å². The van der Waals surface area contributed by atoms with Gasteiger partial charge >= 0.3 is 11.1 Å². The van der Waals surface area contributed by atoms with Gasteiger partial charge < -0.3 is 10.2 Å². The van der Waals surface area contributed by atoms with E-state index in [0.717, 1.165) is 15.9 Å². The number of fused-ring (bicyclic) bond motifs is 1. The first-order chi connectivity index (χ1) is 14.8. The van der Waals surface area contributed by atoms with E-state index in [0.29, 0.717) is 30.3 Å². The van der Waals surface area contributed by atoms with Crippen molar-refractivity contribution >= 4 is 29.0 Å². The van der Waals surface area contributed by atoms with Crippen LogP contribution in [-0.2, 0) is 17.9 Å². The topological polar surface area (TPSA) is 106 Å². The van der Waals surface area contributed by atoms with Crippen LogP contribution in [0.2, 0.25) is 0 Å². The molecule has 0 bridgehead atoms. The van der Waals surface area contributed by atoms with Gasteiger partial charge in [-0.1, -0.05) is 17.7 Å². The van der Waals surface area contributed by atoms with Gasteiger partial charge in [-0.2, -0.15) is 0 Å². The zero-order chi connectivity index (χ0) is 22.1. The fraction of sp³-hybridized carbons (Fsp3) is 0.227. The Labute approximate surface area is 177 Å². The Kier molecular flexibility index (Phi) is 5.24. The van der Waals surface area contributed by atoms with E-state index in [2.05, 4.69) is 10.4 Å². The van der Waals surface area contributed by atoms with E-state index in [9.17, 15) is 19.2 Å². The highest BCUT2D eigenvalue weighted by molar-refractivity contribution is 5.95. The van der Waals surface area contributed by atoms with Crippen molar-refractivity contribution in [3.05, 3.63) is 80.4 Å². The lowest BCUT2D eigenvalue weighted by atomic mass is 10.1. The Morgan fingerprint density at radius 2 is 1.65 bits per heavy atom. The lowest BCUT2D eigenvalue weighted by molar-refractivity contribution is -0.117. The summed E-state index contributed by atoms with van der Waals surface area (Å²) in [5.74, 6) is -0.258. The van der Waals surface area contributed by atoms with Crippen LogP contribution in [0.15, 0.2) is 58.1 Å². The molecule has 3 aromatic rings. The summed E-state index contributed by atoms with van der Waals surface area (Å²) in [5, 5.41) is 6.95. The average Bonchev–Trinajstić information content (AvgIpc) is 3.16. The molecular formula is C22H21N5O4. The first-order valence-corrected chi connectivity index (χ1v) is 9.80. The van der Waals surface area contributed by atoms with Crippen molar-refractivity contribution in [2.75, 3.05) is 16.8 Å². The van der Waals surface area contributed by atoms with Crippen molar-refractivity contribution in [1.82, 2.24) is 14.3 Å². The van der Waals surface area contributed by atoms with Crippen molar-refractivity contribution in [3.63, 3.8) is 0 Å². The summed E-state index contributed by atoms with van der Waals surface area (Å²) < 4.78 is 2.22. The van der Waals surface area contributed by atoms with Crippen LogP contribution >= 0.6 is 0 Å². The number of hydrogen-bond donors (Lipinski definition) is 1. The molecule has 0 spiro atoms. The zero-order valence-corrected chi connectivity index (χ0v) is 17.2. The van der Waals surface area contributed by atoms with E-state index < -0.39 is 23.6 Å². The lowest BCUT2D eigenvalue weighted by Gasteiger charge is -2.18. The van der Waals surface area contributed by atoms with E-state index in [1.807, 2.05) is 36.1 Å². The number of carbonyl (C=O) groups excluding carboxylic acids is 2. The fourth-order valence-corrected chi connectivity index (χ4v) is 3.43. The number of anilines is 3. The molecule has 0 atom stereocenters. The molecule has 1 aliphatic heterocycles. The van der Waals surface area contributed by atoms with Gasteiger partial charge in [-0.05, 0) is 50.2 Å². The Balaban J connectivity index is 1.58. The largest absolute Gasteiger partial charge is 0.333 e. The monoisotopic (exact) mass is 419 g/mol. The second kappa shape index (κ2) is 8.02. The van der Waals surface area contributed by atoms with E-state index in [4.69, 9.17) is 0 Å². The summed E-state index contributed by atoms with van der Waals surface area (Å²) in [6.07, 6.45) is 0. The number of amides is 1. The summed E-state index contributed by atoms with van der Waals surface area (Å²) in [6.45, 7) is 3.88. The van der Waals surface area contributed by atoms with Gasteiger partial charge in [-0.25, -0.2) is 4.68 Å². The molecule has 2 aromatic carbocycles. The number of ketones is 1.